The molecule has 6 aromatic rings. The van der Waals surface area contributed by atoms with Crippen LogP contribution in [0.1, 0.15) is 22.6 Å². The molecule has 0 unspecified atom stereocenters. The van der Waals surface area contributed by atoms with Gasteiger partial charge in [0.15, 0.2) is 0 Å². The van der Waals surface area contributed by atoms with Crippen LogP contribution < -0.4 is 9.80 Å². The normalized spacial score (nSPS) is 13.4. The summed E-state index contributed by atoms with van der Waals surface area (Å²) >= 11 is 0. The first-order valence-corrected chi connectivity index (χ1v) is 13.5. The molecule has 0 saturated carbocycles. The molecule has 2 heteroatoms. The van der Waals surface area contributed by atoms with Crippen molar-refractivity contribution < 1.29 is 0 Å². The van der Waals surface area contributed by atoms with Gasteiger partial charge in [-0.05, 0) is 70.8 Å². The van der Waals surface area contributed by atoms with Gasteiger partial charge < -0.3 is 9.80 Å². The smallest absolute Gasteiger partial charge is 0.0530 e. The van der Waals surface area contributed by atoms with Gasteiger partial charge in [0, 0.05) is 22.9 Å². The number of rotatable bonds is 3. The monoisotopic (exact) mass is 498 g/mol. The molecule has 8 rings (SSSR count). The highest BCUT2D eigenvalue weighted by atomic mass is 15.2. The van der Waals surface area contributed by atoms with E-state index in [-0.39, 0.29) is 5.92 Å². The zero-order chi connectivity index (χ0) is 25.8. The molecule has 39 heavy (non-hydrogen) atoms. The van der Waals surface area contributed by atoms with E-state index in [2.05, 4.69) is 161 Å². The third-order valence-electron chi connectivity index (χ3n) is 8.02. The Labute approximate surface area is 229 Å². The van der Waals surface area contributed by atoms with Crippen LogP contribution in [0.3, 0.4) is 0 Å². The van der Waals surface area contributed by atoms with Gasteiger partial charge in [-0.25, -0.2) is 0 Å². The Morgan fingerprint density at radius 3 is 1.26 bits per heavy atom. The molecule has 0 radical (unpaired) electrons. The molecule has 0 N–H and O–H groups in total. The van der Waals surface area contributed by atoms with Crippen molar-refractivity contribution in [1.29, 1.82) is 0 Å². The minimum atomic E-state index is 0.146. The molecule has 0 fully saturated rings. The van der Waals surface area contributed by atoms with Crippen molar-refractivity contribution in [2.45, 2.75) is 5.92 Å². The number of nitrogens with zero attached hydrogens (tertiary/aromatic N) is 2. The van der Waals surface area contributed by atoms with Crippen molar-refractivity contribution in [1.82, 2.24) is 0 Å². The molecule has 2 heterocycles. The molecule has 0 bridgehead atoms. The molecule has 0 spiro atoms. The minimum absolute atomic E-state index is 0.146. The second-order valence-electron chi connectivity index (χ2n) is 10.2. The van der Waals surface area contributed by atoms with E-state index in [0.29, 0.717) is 0 Å². The molecule has 0 saturated heterocycles. The summed E-state index contributed by atoms with van der Waals surface area (Å²) in [6, 6.07) is 54.9. The van der Waals surface area contributed by atoms with Crippen LogP contribution in [0.25, 0.3) is 11.1 Å². The lowest BCUT2D eigenvalue weighted by molar-refractivity contribution is 0.909. The van der Waals surface area contributed by atoms with E-state index >= 15 is 0 Å². The Balaban J connectivity index is 1.51. The summed E-state index contributed by atoms with van der Waals surface area (Å²) in [5, 5.41) is 0. The molecular weight excluding hydrogens is 472 g/mol. The lowest BCUT2D eigenvalue weighted by atomic mass is 9.75. The molecule has 6 aromatic carbocycles. The summed E-state index contributed by atoms with van der Waals surface area (Å²) in [5.74, 6) is 0.146. The summed E-state index contributed by atoms with van der Waals surface area (Å²) in [7, 11) is 0. The van der Waals surface area contributed by atoms with E-state index < -0.39 is 0 Å². The summed E-state index contributed by atoms with van der Waals surface area (Å²) < 4.78 is 0. The van der Waals surface area contributed by atoms with E-state index in [1.165, 1.54) is 61.9 Å². The Morgan fingerprint density at radius 2 is 0.769 bits per heavy atom. The van der Waals surface area contributed by atoms with Crippen molar-refractivity contribution in [3.05, 3.63) is 168 Å². The lowest BCUT2D eigenvalue weighted by Crippen LogP contribution is -2.29. The van der Waals surface area contributed by atoms with Crippen molar-refractivity contribution in [2.24, 2.45) is 0 Å². The average molecular weight is 499 g/mol. The first-order valence-electron chi connectivity index (χ1n) is 13.5. The van der Waals surface area contributed by atoms with Gasteiger partial charge >= 0.3 is 0 Å². The van der Waals surface area contributed by atoms with Gasteiger partial charge in [0.05, 0.1) is 22.7 Å². The van der Waals surface area contributed by atoms with E-state index in [1.807, 2.05) is 0 Å². The maximum Gasteiger partial charge on any atom is 0.0530 e. The molecule has 0 aromatic heterocycles. The Hall–Kier alpha value is -5.08. The largest absolute Gasteiger partial charge is 0.310 e. The highest BCUT2D eigenvalue weighted by Gasteiger charge is 2.40. The third kappa shape index (κ3) is 3.35. The van der Waals surface area contributed by atoms with Gasteiger partial charge in [0.25, 0.3) is 0 Å². The molecule has 0 amide bonds. The molecule has 0 atom stereocenters. The van der Waals surface area contributed by atoms with Crippen molar-refractivity contribution in [3.8, 4) is 11.1 Å². The second kappa shape index (κ2) is 8.75. The Kier molecular flexibility index (Phi) is 4.92. The maximum atomic E-state index is 2.45. The number of benzene rings is 6. The summed E-state index contributed by atoms with van der Waals surface area (Å²) in [4.78, 5) is 4.91. The van der Waals surface area contributed by atoms with Crippen molar-refractivity contribution in [3.63, 3.8) is 0 Å². The Bertz CT molecular complexity index is 1700. The summed E-state index contributed by atoms with van der Waals surface area (Å²) in [6.45, 7) is 0. The quantitative estimate of drug-likeness (QED) is 0.239. The van der Waals surface area contributed by atoms with Gasteiger partial charge in [0.1, 0.15) is 0 Å². The fourth-order valence-electron chi connectivity index (χ4n) is 6.41. The highest BCUT2D eigenvalue weighted by molar-refractivity contribution is 5.98. The van der Waals surface area contributed by atoms with E-state index in [9.17, 15) is 0 Å². The second-order valence-corrected chi connectivity index (χ2v) is 10.2. The first-order chi connectivity index (χ1) is 19.4. The topological polar surface area (TPSA) is 6.48 Å². The highest BCUT2D eigenvalue weighted by Crippen LogP contribution is 2.60. The number of hydrogen-bond donors (Lipinski definition) is 0. The van der Waals surface area contributed by atoms with Gasteiger partial charge in [-0.3, -0.25) is 0 Å². The molecular formula is C37H26N2. The van der Waals surface area contributed by atoms with Crippen LogP contribution in [-0.4, -0.2) is 0 Å². The van der Waals surface area contributed by atoms with E-state index in [1.54, 1.807) is 0 Å². The van der Waals surface area contributed by atoms with Crippen LogP contribution in [0.2, 0.25) is 0 Å². The van der Waals surface area contributed by atoms with Crippen LogP contribution in [0.15, 0.2) is 152 Å². The Morgan fingerprint density at radius 1 is 0.359 bits per heavy atom. The van der Waals surface area contributed by atoms with Crippen molar-refractivity contribution in [2.75, 3.05) is 9.80 Å². The first kappa shape index (κ1) is 22.0. The van der Waals surface area contributed by atoms with E-state index in [0.717, 1.165) is 0 Å². The maximum absolute atomic E-state index is 2.45. The van der Waals surface area contributed by atoms with Crippen LogP contribution in [0.5, 0.6) is 0 Å². The SMILES string of the molecule is c1ccc(-c2cc3c4c(c2)N(c2ccccc2)c2ccccc2C4c2ccccc2N3c2ccccc2)cc1. The number of hydrogen-bond acceptors (Lipinski definition) is 2. The zero-order valence-corrected chi connectivity index (χ0v) is 21.4. The molecule has 2 nitrogen and oxygen atoms in total. The standard InChI is InChI=1S/C37H26N2/c1-4-14-26(15-5-1)27-24-34-37-35(25-27)39(29-18-8-3-9-19-29)33-23-13-11-21-31(33)36(37)30-20-10-12-22-32(30)38(34)28-16-6-2-7-17-28/h1-25,36H. The number of para-hydroxylation sites is 4. The molecule has 2 aliphatic rings. The average Bonchev–Trinajstić information content (AvgIpc) is 3.02. The van der Waals surface area contributed by atoms with Crippen molar-refractivity contribution >= 4 is 34.1 Å². The number of fused-ring (bicyclic) bond motifs is 4. The van der Waals surface area contributed by atoms with Crippen LogP contribution in [0.4, 0.5) is 34.1 Å². The predicted octanol–water partition coefficient (Wildman–Crippen LogP) is 10.1. The molecule has 0 aliphatic carbocycles. The fourth-order valence-corrected chi connectivity index (χ4v) is 6.41. The summed E-state index contributed by atoms with van der Waals surface area (Å²) in [6.07, 6.45) is 0. The molecule has 184 valence electrons. The lowest BCUT2D eigenvalue weighted by Gasteiger charge is -2.45. The van der Waals surface area contributed by atoms with Gasteiger partial charge in [-0.1, -0.05) is 103 Å². The van der Waals surface area contributed by atoms with E-state index in [4.69, 9.17) is 0 Å². The van der Waals surface area contributed by atoms with Crippen LogP contribution >= 0.6 is 0 Å². The third-order valence-corrected chi connectivity index (χ3v) is 8.02. The minimum Gasteiger partial charge on any atom is -0.310 e. The predicted molar refractivity (Wildman–Crippen MR) is 162 cm³/mol. The zero-order valence-electron chi connectivity index (χ0n) is 21.4. The van der Waals surface area contributed by atoms with Crippen LogP contribution in [-0.2, 0) is 0 Å². The van der Waals surface area contributed by atoms with Gasteiger partial charge in [-0.2, -0.15) is 0 Å². The van der Waals surface area contributed by atoms with Gasteiger partial charge in [-0.15, -0.1) is 0 Å². The number of anilines is 6. The summed E-state index contributed by atoms with van der Waals surface area (Å²) in [5.41, 5.74) is 13.7. The van der Waals surface area contributed by atoms with Crippen LogP contribution in [0, 0.1) is 0 Å². The molecule has 2 aliphatic heterocycles. The fraction of sp³-hybridized carbons (Fsp3) is 0.0270. The van der Waals surface area contributed by atoms with Gasteiger partial charge in [0.2, 0.25) is 0 Å².